The van der Waals surface area contributed by atoms with E-state index < -0.39 is 0 Å². The van der Waals surface area contributed by atoms with E-state index in [9.17, 15) is 9.90 Å². The predicted octanol–water partition coefficient (Wildman–Crippen LogP) is 1.67. The highest BCUT2D eigenvalue weighted by Crippen LogP contribution is 2.21. The van der Waals surface area contributed by atoms with Crippen LogP contribution in [0.15, 0.2) is 24.4 Å². The lowest BCUT2D eigenvalue weighted by Crippen LogP contribution is -2.23. The molecule has 0 spiro atoms. The number of nitrogens with zero attached hydrogens (tertiary/aromatic N) is 2. The first-order valence-electron chi connectivity index (χ1n) is 6.05. The number of hydrogen-bond acceptors (Lipinski definition) is 3. The molecule has 2 aromatic rings. The van der Waals surface area contributed by atoms with Crippen LogP contribution in [0.25, 0.3) is 0 Å². The van der Waals surface area contributed by atoms with Crippen molar-refractivity contribution in [3.63, 3.8) is 0 Å². The van der Waals surface area contributed by atoms with Crippen molar-refractivity contribution in [3.8, 4) is 5.75 Å². The molecule has 1 aromatic heterocycles. The highest BCUT2D eigenvalue weighted by molar-refractivity contribution is 5.97. The van der Waals surface area contributed by atoms with E-state index in [1.54, 1.807) is 29.8 Å². The van der Waals surface area contributed by atoms with Crippen LogP contribution >= 0.6 is 0 Å². The average Bonchev–Trinajstić information content (AvgIpc) is 2.68. The molecule has 100 valence electrons. The van der Waals surface area contributed by atoms with Crippen molar-refractivity contribution >= 4 is 5.91 Å². The lowest BCUT2D eigenvalue weighted by atomic mass is 10.1. The average molecular weight is 259 g/mol. The monoisotopic (exact) mass is 259 g/mol. The van der Waals surface area contributed by atoms with E-state index in [2.05, 4.69) is 10.4 Å². The molecule has 0 aliphatic heterocycles. The molecule has 0 fully saturated rings. The van der Waals surface area contributed by atoms with Crippen LogP contribution in [0, 0.1) is 13.8 Å². The molecule has 0 bridgehead atoms. The van der Waals surface area contributed by atoms with E-state index in [0.717, 1.165) is 11.3 Å². The summed E-state index contributed by atoms with van der Waals surface area (Å²) in [5, 5.41) is 16.8. The molecule has 1 heterocycles. The molecule has 1 amide bonds. The predicted molar refractivity (Wildman–Crippen MR) is 72.0 cm³/mol. The second kappa shape index (κ2) is 5.14. The Hall–Kier alpha value is -2.30. The number of carbonyl (C=O) groups excluding carboxylic acids is 1. The SMILES string of the molecule is Cc1cccc(C(=O)NCc2cn(C)nc2C)c1O. The molecule has 0 saturated carbocycles. The van der Waals surface area contributed by atoms with Gasteiger partial charge in [0.2, 0.25) is 0 Å². The molecule has 5 heteroatoms. The van der Waals surface area contributed by atoms with E-state index in [1.807, 2.05) is 20.2 Å². The number of aromatic hydroxyl groups is 1. The summed E-state index contributed by atoms with van der Waals surface area (Å²) in [6, 6.07) is 5.12. The second-order valence-corrected chi connectivity index (χ2v) is 4.57. The van der Waals surface area contributed by atoms with Crippen LogP contribution in [0.4, 0.5) is 0 Å². The standard InChI is InChI=1S/C14H17N3O2/c1-9-5-4-6-12(13(9)18)14(19)15-7-11-8-17(3)16-10(11)2/h4-6,8,18H,7H2,1-3H3,(H,15,19). The van der Waals surface area contributed by atoms with Gasteiger partial charge in [-0.25, -0.2) is 0 Å². The number of phenols is 1. The number of hydrogen-bond donors (Lipinski definition) is 2. The Bertz CT molecular complexity index is 617. The van der Waals surface area contributed by atoms with Crippen molar-refractivity contribution in [2.24, 2.45) is 7.05 Å². The van der Waals surface area contributed by atoms with Gasteiger partial charge in [0.1, 0.15) is 5.75 Å². The van der Waals surface area contributed by atoms with Crippen molar-refractivity contribution in [1.29, 1.82) is 0 Å². The number of aromatic nitrogens is 2. The van der Waals surface area contributed by atoms with Crippen LogP contribution in [0.5, 0.6) is 5.75 Å². The third kappa shape index (κ3) is 2.76. The first-order valence-corrected chi connectivity index (χ1v) is 6.05. The summed E-state index contributed by atoms with van der Waals surface area (Å²) in [7, 11) is 1.84. The Morgan fingerprint density at radius 1 is 1.42 bits per heavy atom. The third-order valence-corrected chi connectivity index (χ3v) is 3.04. The van der Waals surface area contributed by atoms with Gasteiger partial charge in [0, 0.05) is 25.4 Å². The molecule has 2 N–H and O–H groups in total. The zero-order valence-electron chi connectivity index (χ0n) is 11.3. The maximum absolute atomic E-state index is 12.0. The van der Waals surface area contributed by atoms with Gasteiger partial charge in [-0.2, -0.15) is 5.10 Å². The Kier molecular flexibility index (Phi) is 3.55. The molecule has 0 aliphatic carbocycles. The fourth-order valence-corrected chi connectivity index (χ4v) is 1.94. The Morgan fingerprint density at radius 3 is 2.79 bits per heavy atom. The number of aryl methyl sites for hydroxylation is 3. The number of nitrogens with one attached hydrogen (secondary N) is 1. The number of para-hydroxylation sites is 1. The normalized spacial score (nSPS) is 10.5. The Labute approximate surface area is 111 Å². The number of amides is 1. The van der Waals surface area contributed by atoms with Gasteiger partial charge in [-0.05, 0) is 25.5 Å². The lowest BCUT2D eigenvalue weighted by Gasteiger charge is -2.07. The maximum atomic E-state index is 12.0. The van der Waals surface area contributed by atoms with Crippen molar-refractivity contribution in [1.82, 2.24) is 15.1 Å². The topological polar surface area (TPSA) is 67.2 Å². The van der Waals surface area contributed by atoms with Crippen LogP contribution in [-0.2, 0) is 13.6 Å². The van der Waals surface area contributed by atoms with Gasteiger partial charge in [0.15, 0.2) is 0 Å². The van der Waals surface area contributed by atoms with Crippen molar-refractivity contribution in [3.05, 3.63) is 46.8 Å². The number of benzene rings is 1. The quantitative estimate of drug-likeness (QED) is 0.881. The molecule has 0 saturated heterocycles. The van der Waals surface area contributed by atoms with E-state index in [4.69, 9.17) is 0 Å². The lowest BCUT2D eigenvalue weighted by molar-refractivity contribution is 0.0948. The molecule has 2 rings (SSSR count). The molecule has 0 atom stereocenters. The molecular weight excluding hydrogens is 242 g/mol. The van der Waals surface area contributed by atoms with Crippen molar-refractivity contribution < 1.29 is 9.90 Å². The molecule has 5 nitrogen and oxygen atoms in total. The summed E-state index contributed by atoms with van der Waals surface area (Å²) in [4.78, 5) is 12.0. The van der Waals surface area contributed by atoms with Gasteiger partial charge in [0.25, 0.3) is 5.91 Å². The summed E-state index contributed by atoms with van der Waals surface area (Å²) < 4.78 is 1.71. The summed E-state index contributed by atoms with van der Waals surface area (Å²) in [5.41, 5.74) is 2.83. The molecular formula is C14H17N3O2. The minimum absolute atomic E-state index is 0.0305. The fraction of sp³-hybridized carbons (Fsp3) is 0.286. The first-order chi connectivity index (χ1) is 8.99. The molecule has 19 heavy (non-hydrogen) atoms. The van der Waals surface area contributed by atoms with Gasteiger partial charge in [-0.1, -0.05) is 12.1 Å². The minimum atomic E-state index is -0.288. The van der Waals surface area contributed by atoms with Crippen LogP contribution < -0.4 is 5.32 Å². The van der Waals surface area contributed by atoms with E-state index in [1.165, 1.54) is 0 Å². The first kappa shape index (κ1) is 13.1. The molecule has 0 unspecified atom stereocenters. The fourth-order valence-electron chi connectivity index (χ4n) is 1.94. The molecule has 0 aliphatic rings. The molecule has 0 radical (unpaired) electrons. The van der Waals surface area contributed by atoms with E-state index in [0.29, 0.717) is 17.7 Å². The van der Waals surface area contributed by atoms with E-state index >= 15 is 0 Å². The van der Waals surface area contributed by atoms with Gasteiger partial charge in [-0.3, -0.25) is 9.48 Å². The number of carbonyl (C=O) groups is 1. The van der Waals surface area contributed by atoms with Gasteiger partial charge < -0.3 is 10.4 Å². The highest BCUT2D eigenvalue weighted by Gasteiger charge is 2.13. The smallest absolute Gasteiger partial charge is 0.255 e. The van der Waals surface area contributed by atoms with E-state index in [-0.39, 0.29) is 11.7 Å². The third-order valence-electron chi connectivity index (χ3n) is 3.04. The summed E-state index contributed by atoms with van der Waals surface area (Å²) in [6.07, 6.45) is 1.87. The van der Waals surface area contributed by atoms with Gasteiger partial charge in [0.05, 0.1) is 11.3 Å². The summed E-state index contributed by atoms with van der Waals surface area (Å²) in [6.45, 7) is 4.05. The minimum Gasteiger partial charge on any atom is -0.507 e. The van der Waals surface area contributed by atoms with Crippen LogP contribution in [0.2, 0.25) is 0 Å². The Balaban J connectivity index is 2.10. The van der Waals surface area contributed by atoms with Crippen LogP contribution in [0.3, 0.4) is 0 Å². The number of rotatable bonds is 3. The second-order valence-electron chi connectivity index (χ2n) is 4.57. The van der Waals surface area contributed by atoms with Crippen molar-refractivity contribution in [2.45, 2.75) is 20.4 Å². The van der Waals surface area contributed by atoms with Crippen LogP contribution in [-0.4, -0.2) is 20.8 Å². The summed E-state index contributed by atoms with van der Waals surface area (Å²) >= 11 is 0. The van der Waals surface area contributed by atoms with Crippen molar-refractivity contribution in [2.75, 3.05) is 0 Å². The van der Waals surface area contributed by atoms with Gasteiger partial charge >= 0.3 is 0 Å². The number of phenolic OH excluding ortho intramolecular Hbond substituents is 1. The largest absolute Gasteiger partial charge is 0.507 e. The van der Waals surface area contributed by atoms with Crippen LogP contribution in [0.1, 0.15) is 27.2 Å². The zero-order chi connectivity index (χ0) is 14.0. The zero-order valence-corrected chi connectivity index (χ0v) is 11.3. The summed E-state index contributed by atoms with van der Waals surface area (Å²) in [5.74, 6) is -0.257. The van der Waals surface area contributed by atoms with Gasteiger partial charge in [-0.15, -0.1) is 0 Å². The Morgan fingerprint density at radius 2 is 2.16 bits per heavy atom. The maximum Gasteiger partial charge on any atom is 0.255 e. The molecule has 1 aromatic carbocycles. The highest BCUT2D eigenvalue weighted by atomic mass is 16.3.